The minimum absolute atomic E-state index is 0.107. The van der Waals surface area contributed by atoms with E-state index in [0.717, 1.165) is 39.2 Å². The van der Waals surface area contributed by atoms with Gasteiger partial charge in [-0.25, -0.2) is 15.0 Å². The first-order valence-electron chi connectivity index (χ1n) is 11.2. The summed E-state index contributed by atoms with van der Waals surface area (Å²) in [7, 11) is 0. The molecule has 5 atom stereocenters. The number of anilines is 1. The third kappa shape index (κ3) is 3.41. The lowest BCUT2D eigenvalue weighted by atomic mass is 9.76. The molecule has 1 aliphatic carbocycles. The molecular weight excluding hydrogens is 522 g/mol. The molecule has 1 spiro atoms. The molecule has 1 saturated heterocycles. The number of hydrogen-bond donors (Lipinski definition) is 3. The third-order valence-electron chi connectivity index (χ3n) is 7.45. The Morgan fingerprint density at radius 2 is 2.06 bits per heavy atom. The van der Waals surface area contributed by atoms with Gasteiger partial charge in [-0.15, -0.1) is 0 Å². The minimum atomic E-state index is -0.934. The zero-order valence-corrected chi connectivity index (χ0v) is 20.4. The van der Waals surface area contributed by atoms with Crippen LogP contribution in [-0.2, 0) is 4.74 Å². The fourth-order valence-electron chi connectivity index (χ4n) is 5.57. The monoisotopic (exact) mass is 543 g/mol. The predicted octanol–water partition coefficient (Wildman–Crippen LogP) is 4.18. The van der Waals surface area contributed by atoms with Crippen molar-refractivity contribution in [2.45, 2.75) is 43.6 Å². The highest BCUT2D eigenvalue weighted by Crippen LogP contribution is 2.52. The molecule has 4 heterocycles. The van der Waals surface area contributed by atoms with Crippen LogP contribution in [0.5, 0.6) is 0 Å². The summed E-state index contributed by atoms with van der Waals surface area (Å²) in [6.07, 6.45) is 3.36. The van der Waals surface area contributed by atoms with Gasteiger partial charge in [0.15, 0.2) is 0 Å². The molecule has 1 aromatic carbocycles. The van der Waals surface area contributed by atoms with E-state index in [1.807, 2.05) is 41.1 Å². The number of nitrogens with two attached hydrogens (primary N) is 1. The van der Waals surface area contributed by atoms with E-state index in [9.17, 15) is 10.2 Å². The Labute approximate surface area is 208 Å². The molecule has 4 N–H and O–H groups in total. The van der Waals surface area contributed by atoms with E-state index < -0.39 is 17.6 Å². The fraction of sp³-hybridized carbons (Fsp3) is 0.375. The van der Waals surface area contributed by atoms with Crippen molar-refractivity contribution in [2.24, 2.45) is 5.41 Å². The number of nitrogens with zero attached hydrogens (tertiary/aromatic N) is 4. The second-order valence-corrected chi connectivity index (χ2v) is 10.6. The van der Waals surface area contributed by atoms with E-state index in [0.29, 0.717) is 29.6 Å². The van der Waals surface area contributed by atoms with E-state index in [2.05, 4.69) is 30.9 Å². The number of benzene rings is 1. The topological polar surface area (TPSA) is 119 Å². The number of pyridine rings is 1. The van der Waals surface area contributed by atoms with E-state index in [4.69, 9.17) is 22.1 Å². The van der Waals surface area contributed by atoms with Gasteiger partial charge in [-0.05, 0) is 59.0 Å². The number of aliphatic hydroxyl groups is 2. The zero-order valence-electron chi connectivity index (χ0n) is 18.1. The van der Waals surface area contributed by atoms with Gasteiger partial charge in [0.25, 0.3) is 0 Å². The Morgan fingerprint density at radius 3 is 2.85 bits per heavy atom. The lowest BCUT2D eigenvalue weighted by molar-refractivity contribution is -0.120. The van der Waals surface area contributed by atoms with E-state index in [1.165, 1.54) is 6.33 Å². The smallest absolute Gasteiger partial charge is 0.145 e. The second-order valence-electron chi connectivity index (χ2n) is 9.34. The van der Waals surface area contributed by atoms with Crippen molar-refractivity contribution < 1.29 is 14.9 Å². The van der Waals surface area contributed by atoms with Crippen LogP contribution in [0.1, 0.15) is 37.0 Å². The summed E-state index contributed by atoms with van der Waals surface area (Å²) in [5.41, 5.74) is 7.93. The lowest BCUT2D eigenvalue weighted by Crippen LogP contribution is -2.42. The molecule has 1 aliphatic heterocycles. The van der Waals surface area contributed by atoms with Crippen molar-refractivity contribution >= 4 is 55.3 Å². The van der Waals surface area contributed by atoms with Crippen LogP contribution in [0.2, 0.25) is 5.15 Å². The summed E-state index contributed by atoms with van der Waals surface area (Å²) >= 11 is 9.62. The first-order chi connectivity index (χ1) is 16.4. The van der Waals surface area contributed by atoms with Gasteiger partial charge in [0.2, 0.25) is 0 Å². The van der Waals surface area contributed by atoms with Crippen molar-refractivity contribution in [3.05, 3.63) is 58.0 Å². The van der Waals surface area contributed by atoms with Crippen LogP contribution in [0.3, 0.4) is 0 Å². The Hall–Kier alpha value is -2.30. The Kier molecular flexibility index (Phi) is 5.31. The van der Waals surface area contributed by atoms with Crippen molar-refractivity contribution in [2.75, 3.05) is 12.3 Å². The molecule has 176 valence electrons. The molecule has 8 nitrogen and oxygen atoms in total. The van der Waals surface area contributed by atoms with Crippen LogP contribution in [0, 0.1) is 5.41 Å². The summed E-state index contributed by atoms with van der Waals surface area (Å²) in [6.45, 7) is 0.356. The number of rotatable bonds is 2. The van der Waals surface area contributed by atoms with Gasteiger partial charge in [0.1, 0.15) is 29.0 Å². The van der Waals surface area contributed by atoms with Crippen molar-refractivity contribution in [3.8, 4) is 0 Å². The fourth-order valence-corrected chi connectivity index (χ4v) is 6.10. The first-order valence-corrected chi connectivity index (χ1v) is 12.3. The Morgan fingerprint density at radius 1 is 1.21 bits per heavy atom. The molecule has 6 rings (SSSR count). The SMILES string of the molecule is Nc1nc2cc(C3CCC4(CO3)CC(n3ccc5c(Cl)ncnc53)C(O)C4O)ccc2cc1Br. The quantitative estimate of drug-likeness (QED) is 0.324. The van der Waals surface area contributed by atoms with Crippen LogP contribution < -0.4 is 5.73 Å². The molecule has 10 heteroatoms. The van der Waals surface area contributed by atoms with Gasteiger partial charge in [0, 0.05) is 17.0 Å². The van der Waals surface area contributed by atoms with Gasteiger partial charge in [-0.1, -0.05) is 23.7 Å². The normalized spacial score (nSPS) is 29.4. The Balaban J connectivity index is 1.24. The van der Waals surface area contributed by atoms with Crippen LogP contribution in [-0.4, -0.2) is 48.5 Å². The van der Waals surface area contributed by atoms with Crippen LogP contribution in [0.4, 0.5) is 5.82 Å². The van der Waals surface area contributed by atoms with E-state index in [-0.39, 0.29) is 12.1 Å². The van der Waals surface area contributed by atoms with Crippen molar-refractivity contribution in [3.63, 3.8) is 0 Å². The Bertz CT molecular complexity index is 1400. The van der Waals surface area contributed by atoms with Crippen molar-refractivity contribution in [1.29, 1.82) is 0 Å². The van der Waals surface area contributed by atoms with Gasteiger partial charge in [0.05, 0.1) is 40.2 Å². The highest BCUT2D eigenvalue weighted by atomic mass is 79.9. The molecule has 3 aromatic heterocycles. The molecule has 0 bridgehead atoms. The maximum absolute atomic E-state index is 11.1. The maximum atomic E-state index is 11.1. The van der Waals surface area contributed by atoms with Crippen LogP contribution in [0.25, 0.3) is 21.9 Å². The second kappa shape index (κ2) is 8.13. The van der Waals surface area contributed by atoms with Gasteiger partial charge < -0.3 is 25.3 Å². The largest absolute Gasteiger partial charge is 0.390 e. The summed E-state index contributed by atoms with van der Waals surface area (Å²) in [5.74, 6) is 0.450. The number of nitrogen functional groups attached to an aromatic ring is 1. The number of aromatic nitrogens is 4. The van der Waals surface area contributed by atoms with Gasteiger partial charge in [-0.2, -0.15) is 0 Å². The minimum Gasteiger partial charge on any atom is -0.390 e. The number of ether oxygens (including phenoxy) is 1. The summed E-state index contributed by atoms with van der Waals surface area (Å²) in [5, 5.41) is 24.2. The van der Waals surface area contributed by atoms with Gasteiger partial charge >= 0.3 is 0 Å². The number of hydrogen-bond acceptors (Lipinski definition) is 7. The summed E-state index contributed by atoms with van der Waals surface area (Å²) in [4.78, 5) is 12.9. The predicted molar refractivity (Wildman–Crippen MR) is 132 cm³/mol. The van der Waals surface area contributed by atoms with Crippen LogP contribution in [0.15, 0.2) is 47.3 Å². The number of aliphatic hydroxyl groups excluding tert-OH is 2. The molecule has 2 aliphatic rings. The van der Waals surface area contributed by atoms with Crippen LogP contribution >= 0.6 is 27.5 Å². The molecule has 1 saturated carbocycles. The van der Waals surface area contributed by atoms with E-state index >= 15 is 0 Å². The summed E-state index contributed by atoms with van der Waals surface area (Å²) in [6, 6.07) is 9.55. The highest BCUT2D eigenvalue weighted by molar-refractivity contribution is 9.10. The average molecular weight is 545 g/mol. The van der Waals surface area contributed by atoms with Gasteiger partial charge in [-0.3, -0.25) is 0 Å². The molecular formula is C24H23BrClN5O3. The molecule has 0 radical (unpaired) electrons. The molecule has 0 amide bonds. The third-order valence-corrected chi connectivity index (χ3v) is 8.39. The highest BCUT2D eigenvalue weighted by Gasteiger charge is 2.55. The van der Waals surface area contributed by atoms with Crippen molar-refractivity contribution in [1.82, 2.24) is 19.5 Å². The lowest BCUT2D eigenvalue weighted by Gasteiger charge is -2.40. The van der Waals surface area contributed by atoms with E-state index in [1.54, 1.807) is 0 Å². The first kappa shape index (κ1) is 22.2. The number of fused-ring (bicyclic) bond motifs is 2. The summed E-state index contributed by atoms with van der Waals surface area (Å²) < 4.78 is 8.97. The maximum Gasteiger partial charge on any atom is 0.145 e. The molecule has 2 fully saturated rings. The molecule has 4 aromatic rings. The molecule has 34 heavy (non-hydrogen) atoms. The zero-order chi connectivity index (χ0) is 23.6. The molecule has 5 unspecified atom stereocenters. The average Bonchev–Trinajstić information content (AvgIpc) is 3.36. The standard InChI is InChI=1S/C24H23BrClN5O3/c25-15-7-12-1-2-13(8-16(12)30-22(15)27)18-3-5-24(10-34-18)9-17(19(32)20(24)33)31-6-4-14-21(26)28-11-29-23(14)31/h1-2,4,6-8,11,17-20,32-33H,3,5,9-10H2,(H2,27,30). The number of halogens is 2.